The highest BCUT2D eigenvalue weighted by molar-refractivity contribution is 5.86. The van der Waals surface area contributed by atoms with Crippen LogP contribution in [0.1, 0.15) is 19.3 Å². The lowest BCUT2D eigenvalue weighted by Crippen LogP contribution is -2.42. The molecular weight excluding hydrogens is 232 g/mol. The molecule has 0 saturated carbocycles. The number of aliphatic hydroxyl groups is 1. The fourth-order valence-corrected chi connectivity index (χ4v) is 1.17. The molecule has 1 atom stereocenters. The smallest absolute Gasteiger partial charge is 0.338 e. The third-order valence-corrected chi connectivity index (χ3v) is 2.20. The van der Waals surface area contributed by atoms with Gasteiger partial charge < -0.3 is 19.3 Å². The van der Waals surface area contributed by atoms with Crippen molar-refractivity contribution < 1.29 is 33.7 Å². The van der Waals surface area contributed by atoms with Crippen molar-refractivity contribution in [2.45, 2.75) is 24.9 Å². The van der Waals surface area contributed by atoms with Crippen molar-refractivity contribution in [1.29, 1.82) is 0 Å². The Morgan fingerprint density at radius 1 is 1.00 bits per heavy atom. The summed E-state index contributed by atoms with van der Waals surface area (Å²) in [6.45, 7) is 0. The van der Waals surface area contributed by atoms with Gasteiger partial charge >= 0.3 is 17.9 Å². The van der Waals surface area contributed by atoms with Gasteiger partial charge in [0.05, 0.1) is 27.8 Å². The van der Waals surface area contributed by atoms with Crippen LogP contribution >= 0.6 is 0 Å². The fourth-order valence-electron chi connectivity index (χ4n) is 1.17. The summed E-state index contributed by atoms with van der Waals surface area (Å²) in [4.78, 5) is 33.3. The lowest BCUT2D eigenvalue weighted by molar-refractivity contribution is -0.171. The largest absolute Gasteiger partial charge is 0.469 e. The predicted molar refractivity (Wildman–Crippen MR) is 54.8 cm³/mol. The molecule has 0 spiro atoms. The molecule has 7 heteroatoms. The number of ether oxygens (including phenoxy) is 3. The first-order valence-corrected chi connectivity index (χ1v) is 4.84. The Morgan fingerprint density at radius 3 is 1.94 bits per heavy atom. The average molecular weight is 248 g/mol. The van der Waals surface area contributed by atoms with Crippen LogP contribution in [0.15, 0.2) is 0 Å². The predicted octanol–water partition coefficient (Wildman–Crippen LogP) is -0.593. The second-order valence-electron chi connectivity index (χ2n) is 3.35. The van der Waals surface area contributed by atoms with Gasteiger partial charge in [0.15, 0.2) is 5.60 Å². The monoisotopic (exact) mass is 248 g/mol. The summed E-state index contributed by atoms with van der Waals surface area (Å²) in [5.74, 6) is -2.37. The first-order chi connectivity index (χ1) is 7.89. The third-order valence-electron chi connectivity index (χ3n) is 2.20. The standard InChI is InChI=1S/C10H16O7/c1-15-7(11)4-5-10(14,9(13)17-3)6-8(12)16-2/h14H,4-6H2,1-3H3. The van der Waals surface area contributed by atoms with Gasteiger partial charge in [-0.1, -0.05) is 0 Å². The topological polar surface area (TPSA) is 99.1 Å². The van der Waals surface area contributed by atoms with Crippen molar-refractivity contribution in [3.05, 3.63) is 0 Å². The van der Waals surface area contributed by atoms with Gasteiger partial charge in [-0.05, 0) is 6.42 Å². The number of carbonyl (C=O) groups excluding carboxylic acids is 3. The zero-order valence-corrected chi connectivity index (χ0v) is 10.0. The Labute approximate surface area is 98.6 Å². The number of rotatable bonds is 6. The van der Waals surface area contributed by atoms with Crippen LogP contribution in [0.5, 0.6) is 0 Å². The van der Waals surface area contributed by atoms with Crippen LogP contribution in [-0.4, -0.2) is 49.9 Å². The van der Waals surface area contributed by atoms with Crippen LogP contribution in [0.3, 0.4) is 0 Å². The number of methoxy groups -OCH3 is 3. The van der Waals surface area contributed by atoms with E-state index in [1.807, 2.05) is 0 Å². The summed E-state index contributed by atoms with van der Waals surface area (Å²) in [7, 11) is 3.38. The molecule has 0 radical (unpaired) electrons. The highest BCUT2D eigenvalue weighted by atomic mass is 16.5. The van der Waals surface area contributed by atoms with Crippen molar-refractivity contribution >= 4 is 17.9 Å². The molecule has 0 aromatic carbocycles. The number of esters is 3. The molecule has 0 amide bonds. The average Bonchev–Trinajstić information content (AvgIpc) is 2.34. The highest BCUT2D eigenvalue weighted by Crippen LogP contribution is 2.20. The SMILES string of the molecule is COC(=O)CCC(O)(CC(=O)OC)C(=O)OC. The minimum Gasteiger partial charge on any atom is -0.469 e. The molecule has 0 saturated heterocycles. The van der Waals surface area contributed by atoms with E-state index in [0.717, 1.165) is 14.2 Å². The lowest BCUT2D eigenvalue weighted by atomic mass is 9.94. The molecule has 0 heterocycles. The summed E-state index contributed by atoms with van der Waals surface area (Å²) < 4.78 is 13.1. The normalized spacial score (nSPS) is 13.4. The molecule has 0 bridgehead atoms. The highest BCUT2D eigenvalue weighted by Gasteiger charge is 2.40. The van der Waals surface area contributed by atoms with Crippen LogP contribution in [0, 0.1) is 0 Å². The molecule has 0 aliphatic rings. The van der Waals surface area contributed by atoms with Gasteiger partial charge in [0.2, 0.25) is 0 Å². The van der Waals surface area contributed by atoms with Gasteiger partial charge in [-0.15, -0.1) is 0 Å². The lowest BCUT2D eigenvalue weighted by Gasteiger charge is -2.23. The van der Waals surface area contributed by atoms with E-state index in [0.29, 0.717) is 0 Å². The van der Waals surface area contributed by atoms with E-state index in [1.165, 1.54) is 7.11 Å². The van der Waals surface area contributed by atoms with Crippen molar-refractivity contribution in [2.75, 3.05) is 21.3 Å². The maximum Gasteiger partial charge on any atom is 0.338 e. The molecule has 0 fully saturated rings. The summed E-state index contributed by atoms with van der Waals surface area (Å²) in [5.41, 5.74) is -2.07. The number of hydrogen-bond donors (Lipinski definition) is 1. The number of carbonyl (C=O) groups is 3. The van der Waals surface area contributed by atoms with E-state index in [1.54, 1.807) is 0 Å². The zero-order chi connectivity index (χ0) is 13.5. The van der Waals surface area contributed by atoms with E-state index in [4.69, 9.17) is 0 Å². The molecule has 0 aliphatic carbocycles. The summed E-state index contributed by atoms with van der Waals surface area (Å²) in [6.07, 6.45) is -1.06. The van der Waals surface area contributed by atoms with Crippen LogP contribution in [-0.2, 0) is 28.6 Å². The molecule has 0 rings (SSSR count). The second-order valence-corrected chi connectivity index (χ2v) is 3.35. The molecule has 1 unspecified atom stereocenters. The Morgan fingerprint density at radius 2 is 1.53 bits per heavy atom. The molecule has 98 valence electrons. The van der Waals surface area contributed by atoms with Crippen molar-refractivity contribution in [3.63, 3.8) is 0 Å². The van der Waals surface area contributed by atoms with E-state index >= 15 is 0 Å². The Balaban J connectivity index is 4.66. The van der Waals surface area contributed by atoms with Crippen LogP contribution in [0.2, 0.25) is 0 Å². The van der Waals surface area contributed by atoms with Crippen LogP contribution < -0.4 is 0 Å². The molecule has 1 N–H and O–H groups in total. The van der Waals surface area contributed by atoms with Gasteiger partial charge in [0.1, 0.15) is 0 Å². The molecule has 7 nitrogen and oxygen atoms in total. The molecule has 17 heavy (non-hydrogen) atoms. The minimum atomic E-state index is -2.07. The molecular formula is C10H16O7. The van der Waals surface area contributed by atoms with E-state index in [-0.39, 0.29) is 12.8 Å². The van der Waals surface area contributed by atoms with Crippen molar-refractivity contribution in [1.82, 2.24) is 0 Å². The zero-order valence-electron chi connectivity index (χ0n) is 10.0. The quantitative estimate of drug-likeness (QED) is 0.495. The van der Waals surface area contributed by atoms with E-state index in [2.05, 4.69) is 14.2 Å². The maximum absolute atomic E-state index is 11.4. The Bertz CT molecular complexity index is 299. The van der Waals surface area contributed by atoms with Crippen molar-refractivity contribution in [2.24, 2.45) is 0 Å². The Hall–Kier alpha value is -1.63. The first-order valence-electron chi connectivity index (χ1n) is 4.84. The summed E-state index contributed by atoms with van der Waals surface area (Å²) in [6, 6.07) is 0. The van der Waals surface area contributed by atoms with Gasteiger partial charge in [-0.3, -0.25) is 9.59 Å². The third kappa shape index (κ3) is 4.81. The van der Waals surface area contributed by atoms with Crippen LogP contribution in [0.4, 0.5) is 0 Å². The summed E-state index contributed by atoms with van der Waals surface area (Å²) >= 11 is 0. The fraction of sp³-hybridized carbons (Fsp3) is 0.700. The molecule has 0 aromatic heterocycles. The van der Waals surface area contributed by atoms with Gasteiger partial charge in [0, 0.05) is 6.42 Å². The Kier molecular flexibility index (Phi) is 6.19. The van der Waals surface area contributed by atoms with Gasteiger partial charge in [-0.2, -0.15) is 0 Å². The number of hydrogen-bond acceptors (Lipinski definition) is 7. The first kappa shape index (κ1) is 15.4. The maximum atomic E-state index is 11.4. The van der Waals surface area contributed by atoms with Crippen molar-refractivity contribution in [3.8, 4) is 0 Å². The van der Waals surface area contributed by atoms with Crippen LogP contribution in [0.25, 0.3) is 0 Å². The minimum absolute atomic E-state index is 0.209. The van der Waals surface area contributed by atoms with Gasteiger partial charge in [-0.25, -0.2) is 4.79 Å². The summed E-state index contributed by atoms with van der Waals surface area (Å²) in [5, 5.41) is 9.94. The second kappa shape index (κ2) is 6.85. The molecule has 0 aliphatic heterocycles. The van der Waals surface area contributed by atoms with E-state index in [9.17, 15) is 19.5 Å². The van der Waals surface area contributed by atoms with E-state index < -0.39 is 29.9 Å². The van der Waals surface area contributed by atoms with Gasteiger partial charge in [0.25, 0.3) is 0 Å². The molecule has 0 aromatic rings.